The topological polar surface area (TPSA) is 86.8 Å². The van der Waals surface area contributed by atoms with E-state index in [1.54, 1.807) is 24.3 Å². The van der Waals surface area contributed by atoms with Gasteiger partial charge >= 0.3 is 6.18 Å². The average Bonchev–Trinajstić information content (AvgIpc) is 2.85. The molecule has 1 aliphatic carbocycles. The highest BCUT2D eigenvalue weighted by molar-refractivity contribution is 7.92. The fourth-order valence-electron chi connectivity index (χ4n) is 4.41. The number of nitrogens with zero attached hydrogens (tertiary/aromatic N) is 2. The van der Waals surface area contributed by atoms with Crippen LogP contribution in [0.3, 0.4) is 0 Å². The molecule has 7 nitrogen and oxygen atoms in total. The standard InChI is InChI=1S/C26H31ClF3N3O4S/c1-18(25(35)31-21-11-4-3-5-12-21)32(16-19-9-6-7-14-23(19)27)24(34)17-33(38(2,36)37)22-13-8-10-20(15-22)26(28,29)30/h6-10,13-15,18,21H,3-5,11-12,16-17H2,1-2H3,(H,31,35)/t18-/m0/s1. The predicted molar refractivity (Wildman–Crippen MR) is 140 cm³/mol. The van der Waals surface area contributed by atoms with Crippen molar-refractivity contribution in [2.75, 3.05) is 17.1 Å². The number of hydrogen-bond acceptors (Lipinski definition) is 4. The molecular formula is C26H31ClF3N3O4S. The number of nitrogens with one attached hydrogen (secondary N) is 1. The number of rotatable bonds is 9. The van der Waals surface area contributed by atoms with Crippen LogP contribution in [0.4, 0.5) is 18.9 Å². The molecule has 0 saturated heterocycles. The normalized spacial score (nSPS) is 15.5. The molecule has 0 aromatic heterocycles. The van der Waals surface area contributed by atoms with Crippen molar-refractivity contribution >= 4 is 39.1 Å². The highest BCUT2D eigenvalue weighted by Gasteiger charge is 2.34. The number of alkyl halides is 3. The lowest BCUT2D eigenvalue weighted by molar-refractivity contribution is -0.139. The Morgan fingerprint density at radius 2 is 1.74 bits per heavy atom. The maximum atomic E-state index is 13.6. The smallest absolute Gasteiger partial charge is 0.352 e. The Morgan fingerprint density at radius 1 is 1.08 bits per heavy atom. The summed E-state index contributed by atoms with van der Waals surface area (Å²) < 4.78 is 65.7. The zero-order valence-corrected chi connectivity index (χ0v) is 22.7. The van der Waals surface area contributed by atoms with Crippen molar-refractivity contribution in [2.45, 2.75) is 63.8 Å². The van der Waals surface area contributed by atoms with E-state index in [4.69, 9.17) is 11.6 Å². The third kappa shape index (κ3) is 7.86. The van der Waals surface area contributed by atoms with Crippen LogP contribution in [0.15, 0.2) is 48.5 Å². The van der Waals surface area contributed by atoms with Gasteiger partial charge in [0.2, 0.25) is 21.8 Å². The molecule has 1 atom stereocenters. The molecule has 38 heavy (non-hydrogen) atoms. The Morgan fingerprint density at radius 3 is 2.34 bits per heavy atom. The number of anilines is 1. The van der Waals surface area contributed by atoms with Crippen LogP contribution < -0.4 is 9.62 Å². The lowest BCUT2D eigenvalue weighted by Crippen LogP contribution is -2.53. The molecule has 0 spiro atoms. The summed E-state index contributed by atoms with van der Waals surface area (Å²) in [4.78, 5) is 27.9. The molecule has 2 amide bonds. The molecule has 0 aliphatic heterocycles. The average molecular weight is 574 g/mol. The SMILES string of the molecule is C[C@@H](C(=O)NC1CCCCC1)N(Cc1ccccc1Cl)C(=O)CN(c1cccc(C(F)(F)F)c1)S(C)(=O)=O. The Labute approximate surface area is 226 Å². The van der Waals surface area contributed by atoms with Crippen LogP contribution in [0.25, 0.3) is 0 Å². The number of carbonyl (C=O) groups is 2. The fourth-order valence-corrected chi connectivity index (χ4v) is 5.45. The van der Waals surface area contributed by atoms with Crippen molar-refractivity contribution in [3.8, 4) is 0 Å². The van der Waals surface area contributed by atoms with Gasteiger partial charge in [0.25, 0.3) is 0 Å². The largest absolute Gasteiger partial charge is 0.416 e. The van der Waals surface area contributed by atoms with Gasteiger partial charge in [-0.05, 0) is 49.6 Å². The summed E-state index contributed by atoms with van der Waals surface area (Å²) in [5, 5.41) is 3.32. The van der Waals surface area contributed by atoms with E-state index >= 15 is 0 Å². The summed E-state index contributed by atoms with van der Waals surface area (Å²) in [7, 11) is -4.17. The van der Waals surface area contributed by atoms with E-state index in [0.717, 1.165) is 50.5 Å². The Balaban J connectivity index is 1.92. The van der Waals surface area contributed by atoms with Crippen molar-refractivity contribution in [3.05, 3.63) is 64.7 Å². The first-order chi connectivity index (χ1) is 17.8. The Bertz CT molecular complexity index is 1250. The first-order valence-corrected chi connectivity index (χ1v) is 14.5. The lowest BCUT2D eigenvalue weighted by atomic mass is 9.95. The van der Waals surface area contributed by atoms with Crippen molar-refractivity contribution in [1.29, 1.82) is 0 Å². The van der Waals surface area contributed by atoms with Gasteiger partial charge in [-0.3, -0.25) is 13.9 Å². The van der Waals surface area contributed by atoms with Crippen LogP contribution in [0.5, 0.6) is 0 Å². The van der Waals surface area contributed by atoms with Crippen LogP contribution in [0, 0.1) is 0 Å². The van der Waals surface area contributed by atoms with Gasteiger partial charge in [-0.15, -0.1) is 0 Å². The second kappa shape index (κ2) is 12.4. The maximum absolute atomic E-state index is 13.6. The maximum Gasteiger partial charge on any atom is 0.416 e. The van der Waals surface area contributed by atoms with E-state index in [-0.39, 0.29) is 18.3 Å². The van der Waals surface area contributed by atoms with Crippen LogP contribution in [-0.2, 0) is 32.3 Å². The van der Waals surface area contributed by atoms with Gasteiger partial charge in [0, 0.05) is 17.6 Å². The van der Waals surface area contributed by atoms with E-state index in [0.29, 0.717) is 21.0 Å². The van der Waals surface area contributed by atoms with Gasteiger partial charge in [0.15, 0.2) is 0 Å². The number of amides is 2. The van der Waals surface area contributed by atoms with Gasteiger partial charge in [0.05, 0.1) is 17.5 Å². The number of benzene rings is 2. The number of carbonyl (C=O) groups excluding carboxylic acids is 2. The zero-order chi connectivity index (χ0) is 28.1. The molecule has 208 valence electrons. The molecule has 1 fully saturated rings. The second-order valence-corrected chi connectivity index (χ2v) is 11.8. The van der Waals surface area contributed by atoms with E-state index in [1.807, 2.05) is 0 Å². The molecule has 12 heteroatoms. The van der Waals surface area contributed by atoms with Crippen LogP contribution in [0.2, 0.25) is 5.02 Å². The summed E-state index contributed by atoms with van der Waals surface area (Å²) in [6.07, 6.45) is 0.825. The second-order valence-electron chi connectivity index (χ2n) is 9.45. The summed E-state index contributed by atoms with van der Waals surface area (Å²) >= 11 is 6.30. The minimum atomic E-state index is -4.70. The highest BCUT2D eigenvalue weighted by Crippen LogP contribution is 2.32. The number of hydrogen-bond donors (Lipinski definition) is 1. The van der Waals surface area contributed by atoms with Crippen LogP contribution >= 0.6 is 11.6 Å². The lowest BCUT2D eigenvalue weighted by Gasteiger charge is -2.33. The third-order valence-corrected chi connectivity index (χ3v) is 8.07. The van der Waals surface area contributed by atoms with E-state index in [9.17, 15) is 31.2 Å². The monoisotopic (exact) mass is 573 g/mol. The van der Waals surface area contributed by atoms with Crippen molar-refractivity contribution < 1.29 is 31.2 Å². The minimum absolute atomic E-state index is 0.0198. The third-order valence-electron chi connectivity index (χ3n) is 6.56. The van der Waals surface area contributed by atoms with Gasteiger partial charge in [-0.1, -0.05) is 55.1 Å². The molecular weight excluding hydrogens is 543 g/mol. The van der Waals surface area contributed by atoms with Crippen LogP contribution in [-0.4, -0.2) is 50.0 Å². The molecule has 1 saturated carbocycles. The molecule has 2 aromatic carbocycles. The van der Waals surface area contributed by atoms with Gasteiger partial charge in [-0.25, -0.2) is 8.42 Å². The molecule has 0 heterocycles. The highest BCUT2D eigenvalue weighted by atomic mass is 35.5. The molecule has 3 rings (SSSR count). The summed E-state index contributed by atoms with van der Waals surface area (Å²) in [5.74, 6) is -1.17. The van der Waals surface area contributed by atoms with Gasteiger partial charge in [-0.2, -0.15) is 13.2 Å². The van der Waals surface area contributed by atoms with E-state index in [1.165, 1.54) is 17.9 Å². The zero-order valence-electron chi connectivity index (χ0n) is 21.2. The van der Waals surface area contributed by atoms with E-state index in [2.05, 4.69) is 5.32 Å². The first kappa shape index (κ1) is 29.8. The van der Waals surface area contributed by atoms with Crippen LogP contribution in [0.1, 0.15) is 50.2 Å². The number of sulfonamides is 1. The minimum Gasteiger partial charge on any atom is -0.352 e. The molecule has 1 N–H and O–H groups in total. The first-order valence-electron chi connectivity index (χ1n) is 12.3. The fraction of sp³-hybridized carbons (Fsp3) is 0.462. The van der Waals surface area contributed by atoms with E-state index < -0.39 is 46.2 Å². The van der Waals surface area contributed by atoms with Gasteiger partial charge in [0.1, 0.15) is 12.6 Å². The molecule has 2 aromatic rings. The Hall–Kier alpha value is -2.79. The summed E-state index contributed by atoms with van der Waals surface area (Å²) in [6, 6.07) is 9.44. The predicted octanol–water partition coefficient (Wildman–Crippen LogP) is 4.99. The van der Waals surface area contributed by atoms with Crippen molar-refractivity contribution in [1.82, 2.24) is 10.2 Å². The summed E-state index contributed by atoms with van der Waals surface area (Å²) in [5.41, 5.74) is -0.832. The molecule has 0 radical (unpaired) electrons. The molecule has 0 bridgehead atoms. The molecule has 0 unspecified atom stereocenters. The number of halogens is 4. The quantitative estimate of drug-likeness (QED) is 0.458. The van der Waals surface area contributed by atoms with Gasteiger partial charge < -0.3 is 10.2 Å². The Kier molecular flexibility index (Phi) is 9.69. The molecule has 1 aliphatic rings. The summed E-state index contributed by atoms with van der Waals surface area (Å²) in [6.45, 7) is 0.631. The van der Waals surface area contributed by atoms with Crippen molar-refractivity contribution in [3.63, 3.8) is 0 Å². The van der Waals surface area contributed by atoms with Crippen molar-refractivity contribution in [2.24, 2.45) is 0 Å².